The van der Waals surface area contributed by atoms with E-state index in [1.807, 2.05) is 0 Å². The molecule has 0 radical (unpaired) electrons. The summed E-state index contributed by atoms with van der Waals surface area (Å²) in [6.07, 6.45) is 5.16. The average molecular weight is 284 g/mol. The highest BCUT2D eigenvalue weighted by Crippen LogP contribution is 2.32. The summed E-state index contributed by atoms with van der Waals surface area (Å²) in [5, 5.41) is 13.7. The van der Waals surface area contributed by atoms with E-state index in [2.05, 4.69) is 12.2 Å². The Kier molecular flexibility index (Phi) is 4.52. The van der Waals surface area contributed by atoms with Crippen molar-refractivity contribution >= 4 is 11.4 Å². The van der Waals surface area contributed by atoms with E-state index in [0.717, 1.165) is 38.2 Å². The number of anilines is 1. The predicted molar refractivity (Wildman–Crippen MR) is 72.7 cm³/mol. The summed E-state index contributed by atoms with van der Waals surface area (Å²) in [7, 11) is 0. The first-order valence-electron chi connectivity index (χ1n) is 6.93. The molecule has 0 saturated heterocycles. The summed E-state index contributed by atoms with van der Waals surface area (Å²) < 4.78 is 27.0. The van der Waals surface area contributed by atoms with E-state index >= 15 is 0 Å². The van der Waals surface area contributed by atoms with E-state index in [1.54, 1.807) is 0 Å². The van der Waals surface area contributed by atoms with Gasteiger partial charge in [-0.3, -0.25) is 10.1 Å². The molecule has 0 aliphatic heterocycles. The fourth-order valence-corrected chi connectivity index (χ4v) is 2.87. The van der Waals surface area contributed by atoms with Crippen molar-refractivity contribution in [1.82, 2.24) is 0 Å². The Labute approximate surface area is 116 Å². The van der Waals surface area contributed by atoms with Crippen molar-refractivity contribution in [1.29, 1.82) is 0 Å². The van der Waals surface area contributed by atoms with Gasteiger partial charge in [-0.05, 0) is 18.8 Å². The van der Waals surface area contributed by atoms with Gasteiger partial charge in [-0.2, -0.15) is 4.39 Å². The molecule has 0 heterocycles. The zero-order valence-electron chi connectivity index (χ0n) is 11.4. The van der Waals surface area contributed by atoms with Crippen LogP contribution < -0.4 is 5.32 Å². The third kappa shape index (κ3) is 3.05. The molecule has 1 aliphatic rings. The lowest BCUT2D eigenvalue weighted by Crippen LogP contribution is -2.32. The van der Waals surface area contributed by atoms with Gasteiger partial charge in [0.05, 0.1) is 10.6 Å². The van der Waals surface area contributed by atoms with E-state index in [9.17, 15) is 18.9 Å². The average Bonchev–Trinajstić information content (AvgIpc) is 2.42. The summed E-state index contributed by atoms with van der Waals surface area (Å²) in [5.74, 6) is -1.51. The molecule has 2 unspecified atom stereocenters. The van der Waals surface area contributed by atoms with Crippen LogP contribution in [0, 0.1) is 27.7 Å². The number of hydrogen-bond acceptors (Lipinski definition) is 3. The molecule has 0 spiro atoms. The van der Waals surface area contributed by atoms with Gasteiger partial charge in [-0.25, -0.2) is 4.39 Å². The molecule has 0 bridgehead atoms. The number of hydrogen-bond donors (Lipinski definition) is 1. The highest BCUT2D eigenvalue weighted by molar-refractivity contribution is 5.53. The van der Waals surface area contributed by atoms with Crippen LogP contribution in [0.4, 0.5) is 20.2 Å². The van der Waals surface area contributed by atoms with Gasteiger partial charge in [0.2, 0.25) is 5.82 Å². The third-order valence-corrected chi connectivity index (χ3v) is 4.01. The zero-order chi connectivity index (χ0) is 14.7. The normalized spacial score (nSPS) is 22.6. The lowest BCUT2D eigenvalue weighted by molar-refractivity contribution is -0.387. The summed E-state index contributed by atoms with van der Waals surface area (Å²) >= 11 is 0. The lowest BCUT2D eigenvalue weighted by Gasteiger charge is -2.32. The van der Waals surface area contributed by atoms with E-state index < -0.39 is 22.2 Å². The smallest absolute Gasteiger partial charge is 0.307 e. The molecular formula is C14H18F2N2O2. The van der Waals surface area contributed by atoms with Crippen LogP contribution in [0.1, 0.15) is 39.0 Å². The Hall–Kier alpha value is -1.72. The number of rotatable bonds is 4. The molecule has 1 fully saturated rings. The maximum atomic E-state index is 13.8. The second kappa shape index (κ2) is 6.15. The van der Waals surface area contributed by atoms with Crippen LogP contribution in [0.25, 0.3) is 0 Å². The van der Waals surface area contributed by atoms with Gasteiger partial charge in [0.25, 0.3) is 0 Å². The van der Waals surface area contributed by atoms with Gasteiger partial charge in [0.15, 0.2) is 0 Å². The Morgan fingerprint density at radius 2 is 2.00 bits per heavy atom. The molecule has 2 rings (SSSR count). The Morgan fingerprint density at radius 1 is 1.30 bits per heavy atom. The van der Waals surface area contributed by atoms with E-state index in [4.69, 9.17) is 0 Å². The molecule has 6 heteroatoms. The first-order chi connectivity index (χ1) is 9.52. The molecule has 0 aromatic heterocycles. The second-order valence-electron chi connectivity index (χ2n) is 5.24. The predicted octanol–water partition coefficient (Wildman–Crippen LogP) is 4.25. The van der Waals surface area contributed by atoms with Crippen molar-refractivity contribution in [3.8, 4) is 0 Å². The summed E-state index contributed by atoms with van der Waals surface area (Å²) in [5.41, 5.74) is -0.679. The van der Waals surface area contributed by atoms with Crippen molar-refractivity contribution in [2.24, 2.45) is 5.92 Å². The van der Waals surface area contributed by atoms with Gasteiger partial charge in [0, 0.05) is 18.2 Å². The third-order valence-electron chi connectivity index (χ3n) is 4.01. The molecule has 20 heavy (non-hydrogen) atoms. The van der Waals surface area contributed by atoms with E-state index in [0.29, 0.717) is 12.0 Å². The zero-order valence-corrected chi connectivity index (χ0v) is 11.4. The number of nitro benzene ring substituents is 1. The van der Waals surface area contributed by atoms with Crippen LogP contribution in [0.2, 0.25) is 0 Å². The fraction of sp³-hybridized carbons (Fsp3) is 0.571. The van der Waals surface area contributed by atoms with Crippen LogP contribution in [0.15, 0.2) is 12.1 Å². The van der Waals surface area contributed by atoms with Crippen LogP contribution in [-0.2, 0) is 0 Å². The van der Waals surface area contributed by atoms with Crippen LogP contribution in [-0.4, -0.2) is 11.0 Å². The monoisotopic (exact) mass is 284 g/mol. The summed E-state index contributed by atoms with van der Waals surface area (Å²) in [6.45, 7) is 2.08. The van der Waals surface area contributed by atoms with E-state index in [-0.39, 0.29) is 11.7 Å². The molecule has 1 N–H and O–H groups in total. The SMILES string of the molecule is CCC1CCCCC1Nc1cc([N+](=O)[O-])c(F)cc1F. The lowest BCUT2D eigenvalue weighted by atomic mass is 9.83. The molecule has 0 amide bonds. The van der Waals surface area contributed by atoms with Gasteiger partial charge >= 0.3 is 5.69 Å². The first kappa shape index (κ1) is 14.7. The van der Waals surface area contributed by atoms with Crippen LogP contribution >= 0.6 is 0 Å². The van der Waals surface area contributed by atoms with Crippen molar-refractivity contribution in [2.75, 3.05) is 5.32 Å². The number of nitrogens with one attached hydrogen (secondary N) is 1. The maximum Gasteiger partial charge on any atom is 0.307 e. The highest BCUT2D eigenvalue weighted by Gasteiger charge is 2.26. The van der Waals surface area contributed by atoms with Gasteiger partial charge in [-0.1, -0.05) is 26.2 Å². The highest BCUT2D eigenvalue weighted by atomic mass is 19.1. The Morgan fingerprint density at radius 3 is 2.65 bits per heavy atom. The van der Waals surface area contributed by atoms with E-state index in [1.165, 1.54) is 0 Å². The van der Waals surface area contributed by atoms with Crippen molar-refractivity contribution in [3.05, 3.63) is 33.9 Å². The molecule has 1 aliphatic carbocycles. The number of nitrogens with zero attached hydrogens (tertiary/aromatic N) is 1. The topological polar surface area (TPSA) is 55.2 Å². The van der Waals surface area contributed by atoms with Crippen LogP contribution in [0.3, 0.4) is 0 Å². The standard InChI is InChI=1S/C14H18F2N2O2/c1-2-9-5-3-4-6-12(9)17-13-8-14(18(19)20)11(16)7-10(13)15/h7-9,12,17H,2-6H2,1H3. The Balaban J connectivity index is 2.23. The van der Waals surface area contributed by atoms with Crippen LogP contribution in [0.5, 0.6) is 0 Å². The number of halogens is 2. The van der Waals surface area contributed by atoms with Crippen molar-refractivity contribution in [2.45, 2.75) is 45.1 Å². The minimum Gasteiger partial charge on any atom is -0.379 e. The van der Waals surface area contributed by atoms with Gasteiger partial charge in [-0.15, -0.1) is 0 Å². The Bertz CT molecular complexity index is 508. The van der Waals surface area contributed by atoms with Crippen molar-refractivity contribution < 1.29 is 13.7 Å². The molecule has 1 aromatic carbocycles. The largest absolute Gasteiger partial charge is 0.379 e. The number of nitro groups is 1. The van der Waals surface area contributed by atoms with Gasteiger partial charge < -0.3 is 5.32 Å². The van der Waals surface area contributed by atoms with Crippen molar-refractivity contribution in [3.63, 3.8) is 0 Å². The molecule has 1 aromatic rings. The number of benzene rings is 1. The first-order valence-corrected chi connectivity index (χ1v) is 6.93. The molecule has 110 valence electrons. The summed E-state index contributed by atoms with van der Waals surface area (Å²) in [4.78, 5) is 9.88. The maximum absolute atomic E-state index is 13.8. The molecular weight excluding hydrogens is 266 g/mol. The fourth-order valence-electron chi connectivity index (χ4n) is 2.87. The molecule has 1 saturated carbocycles. The quantitative estimate of drug-likeness (QED) is 0.664. The molecule has 2 atom stereocenters. The second-order valence-corrected chi connectivity index (χ2v) is 5.24. The minimum atomic E-state index is -1.14. The summed E-state index contributed by atoms with van der Waals surface area (Å²) in [6, 6.07) is 1.62. The van der Waals surface area contributed by atoms with Gasteiger partial charge in [0.1, 0.15) is 5.82 Å². The molecule has 4 nitrogen and oxygen atoms in total. The minimum absolute atomic E-state index is 0.0171.